The molecule has 3 N–H and O–H groups in total. The number of nitrogens with one attached hydrogen (secondary N) is 1. The molecule has 0 aliphatic rings. The predicted molar refractivity (Wildman–Crippen MR) is 77.2 cm³/mol. The van der Waals surface area contributed by atoms with Crippen molar-refractivity contribution in [1.82, 2.24) is 5.32 Å². The Hall–Kier alpha value is -1.55. The zero-order valence-electron chi connectivity index (χ0n) is 12.5. The van der Waals surface area contributed by atoms with Crippen LogP contribution in [0.15, 0.2) is 12.1 Å². The van der Waals surface area contributed by atoms with Crippen molar-refractivity contribution in [2.24, 2.45) is 11.1 Å². The number of amides is 1. The lowest BCUT2D eigenvalue weighted by Gasteiger charge is -2.22. The van der Waals surface area contributed by atoms with Crippen molar-refractivity contribution < 1.29 is 9.53 Å². The minimum absolute atomic E-state index is 0.0444. The second kappa shape index (κ2) is 6.06. The Bertz CT molecular complexity index is 467. The number of ether oxygens (including phenoxy) is 1. The van der Waals surface area contributed by atoms with Gasteiger partial charge in [0.1, 0.15) is 5.75 Å². The molecule has 0 unspecified atom stereocenters. The number of rotatable bonds is 5. The van der Waals surface area contributed by atoms with Gasteiger partial charge < -0.3 is 15.8 Å². The molecule has 0 fully saturated rings. The Kier molecular flexibility index (Phi) is 4.95. The van der Waals surface area contributed by atoms with Gasteiger partial charge in [-0.1, -0.05) is 6.07 Å². The standard InChI is InChI=1S/C15H24N2O2/c1-10-6-11(2)12(13(7-10)19-5)8-17-14(18)15(3,4)9-16/h6-7H,8-9,16H2,1-5H3,(H,17,18). The predicted octanol–water partition coefficient (Wildman–Crippen LogP) is 1.91. The second-order valence-electron chi connectivity index (χ2n) is 5.53. The van der Waals surface area contributed by atoms with Gasteiger partial charge >= 0.3 is 0 Å². The summed E-state index contributed by atoms with van der Waals surface area (Å²) in [5.74, 6) is 0.764. The van der Waals surface area contributed by atoms with Crippen LogP contribution < -0.4 is 15.8 Å². The van der Waals surface area contributed by atoms with Crippen molar-refractivity contribution in [3.8, 4) is 5.75 Å². The van der Waals surface area contributed by atoms with Gasteiger partial charge in [-0.05, 0) is 44.9 Å². The van der Waals surface area contributed by atoms with Gasteiger partial charge in [0.2, 0.25) is 5.91 Å². The number of carbonyl (C=O) groups is 1. The molecule has 1 aromatic carbocycles. The van der Waals surface area contributed by atoms with E-state index in [2.05, 4.69) is 11.4 Å². The van der Waals surface area contributed by atoms with Crippen LogP contribution in [0, 0.1) is 19.3 Å². The van der Waals surface area contributed by atoms with Crippen LogP contribution in [0.5, 0.6) is 5.75 Å². The van der Waals surface area contributed by atoms with Gasteiger partial charge in [0, 0.05) is 18.7 Å². The summed E-state index contributed by atoms with van der Waals surface area (Å²) in [6, 6.07) is 4.06. The molecule has 1 aromatic rings. The zero-order valence-corrected chi connectivity index (χ0v) is 12.5. The monoisotopic (exact) mass is 264 g/mol. The maximum Gasteiger partial charge on any atom is 0.227 e. The summed E-state index contributed by atoms with van der Waals surface area (Å²) in [6.45, 7) is 8.49. The third-order valence-corrected chi connectivity index (χ3v) is 3.35. The molecule has 0 atom stereocenters. The van der Waals surface area contributed by atoms with Crippen LogP contribution in [0.25, 0.3) is 0 Å². The Morgan fingerprint density at radius 3 is 2.53 bits per heavy atom. The maximum atomic E-state index is 12.0. The third-order valence-electron chi connectivity index (χ3n) is 3.35. The number of methoxy groups -OCH3 is 1. The molecule has 0 aliphatic carbocycles. The first-order valence-electron chi connectivity index (χ1n) is 6.44. The highest BCUT2D eigenvalue weighted by Crippen LogP contribution is 2.24. The summed E-state index contributed by atoms with van der Waals surface area (Å²) >= 11 is 0. The fourth-order valence-electron chi connectivity index (χ4n) is 1.87. The summed E-state index contributed by atoms with van der Waals surface area (Å²) < 4.78 is 5.38. The molecule has 4 nitrogen and oxygen atoms in total. The molecule has 0 aromatic heterocycles. The minimum atomic E-state index is -0.550. The number of aryl methyl sites for hydroxylation is 2. The van der Waals surface area contributed by atoms with Crippen LogP contribution in [-0.2, 0) is 11.3 Å². The van der Waals surface area contributed by atoms with E-state index in [1.165, 1.54) is 0 Å². The van der Waals surface area contributed by atoms with E-state index < -0.39 is 5.41 Å². The normalized spacial score (nSPS) is 11.3. The molecule has 0 bridgehead atoms. The van der Waals surface area contributed by atoms with Crippen molar-refractivity contribution in [1.29, 1.82) is 0 Å². The van der Waals surface area contributed by atoms with E-state index >= 15 is 0 Å². The molecule has 0 heterocycles. The summed E-state index contributed by atoms with van der Waals surface area (Å²) in [4.78, 5) is 12.0. The number of hydrogen-bond donors (Lipinski definition) is 2. The fraction of sp³-hybridized carbons (Fsp3) is 0.533. The molecule has 0 spiro atoms. The largest absolute Gasteiger partial charge is 0.496 e. The third kappa shape index (κ3) is 3.70. The van der Waals surface area contributed by atoms with Crippen LogP contribution >= 0.6 is 0 Å². The van der Waals surface area contributed by atoms with Gasteiger partial charge in [-0.2, -0.15) is 0 Å². The molecule has 4 heteroatoms. The smallest absolute Gasteiger partial charge is 0.227 e. The van der Waals surface area contributed by atoms with E-state index in [4.69, 9.17) is 10.5 Å². The summed E-state index contributed by atoms with van der Waals surface area (Å²) in [6.07, 6.45) is 0. The Morgan fingerprint density at radius 2 is 2.00 bits per heavy atom. The van der Waals surface area contributed by atoms with Crippen molar-refractivity contribution >= 4 is 5.91 Å². The van der Waals surface area contributed by atoms with E-state index in [1.54, 1.807) is 7.11 Å². The van der Waals surface area contributed by atoms with Gasteiger partial charge in [-0.15, -0.1) is 0 Å². The van der Waals surface area contributed by atoms with E-state index in [1.807, 2.05) is 33.8 Å². The van der Waals surface area contributed by atoms with Gasteiger partial charge in [0.05, 0.1) is 12.5 Å². The van der Waals surface area contributed by atoms with E-state index in [0.717, 1.165) is 22.4 Å². The van der Waals surface area contributed by atoms with Gasteiger partial charge in [-0.25, -0.2) is 0 Å². The summed E-state index contributed by atoms with van der Waals surface area (Å²) in [7, 11) is 1.64. The number of hydrogen-bond acceptors (Lipinski definition) is 3. The zero-order chi connectivity index (χ0) is 14.6. The first-order valence-corrected chi connectivity index (χ1v) is 6.44. The highest BCUT2D eigenvalue weighted by Gasteiger charge is 2.25. The van der Waals surface area contributed by atoms with Crippen LogP contribution in [0.1, 0.15) is 30.5 Å². The fourth-order valence-corrected chi connectivity index (χ4v) is 1.87. The lowest BCUT2D eigenvalue weighted by Crippen LogP contribution is -2.41. The molecular weight excluding hydrogens is 240 g/mol. The van der Waals surface area contributed by atoms with E-state index in [9.17, 15) is 4.79 Å². The topological polar surface area (TPSA) is 64.3 Å². The number of nitrogens with two attached hydrogens (primary N) is 1. The minimum Gasteiger partial charge on any atom is -0.496 e. The quantitative estimate of drug-likeness (QED) is 0.854. The molecule has 106 valence electrons. The summed E-state index contributed by atoms with van der Waals surface area (Å²) in [5, 5.41) is 2.93. The Labute approximate surface area is 115 Å². The van der Waals surface area contributed by atoms with Crippen LogP contribution in [-0.4, -0.2) is 19.6 Å². The second-order valence-corrected chi connectivity index (χ2v) is 5.53. The molecular formula is C15H24N2O2. The van der Waals surface area contributed by atoms with Crippen LogP contribution in [0.3, 0.4) is 0 Å². The average Bonchev–Trinajstić information content (AvgIpc) is 2.36. The van der Waals surface area contributed by atoms with Gasteiger partial charge in [0.15, 0.2) is 0 Å². The van der Waals surface area contributed by atoms with Crippen LogP contribution in [0.4, 0.5) is 0 Å². The first kappa shape index (κ1) is 15.5. The van der Waals surface area contributed by atoms with Crippen molar-refractivity contribution in [3.63, 3.8) is 0 Å². The lowest BCUT2D eigenvalue weighted by atomic mass is 9.92. The molecule has 0 radical (unpaired) electrons. The average molecular weight is 264 g/mol. The molecule has 0 saturated carbocycles. The number of carbonyl (C=O) groups excluding carboxylic acids is 1. The first-order chi connectivity index (χ1) is 8.81. The van der Waals surface area contributed by atoms with E-state index in [-0.39, 0.29) is 5.91 Å². The maximum absolute atomic E-state index is 12.0. The van der Waals surface area contributed by atoms with E-state index in [0.29, 0.717) is 13.1 Å². The highest BCUT2D eigenvalue weighted by molar-refractivity contribution is 5.82. The molecule has 0 saturated heterocycles. The molecule has 1 amide bonds. The van der Waals surface area contributed by atoms with Crippen molar-refractivity contribution in [3.05, 3.63) is 28.8 Å². The Balaban J connectivity index is 2.87. The number of benzene rings is 1. The lowest BCUT2D eigenvalue weighted by molar-refractivity contribution is -0.129. The van der Waals surface area contributed by atoms with Crippen molar-refractivity contribution in [2.75, 3.05) is 13.7 Å². The van der Waals surface area contributed by atoms with Gasteiger partial charge in [0.25, 0.3) is 0 Å². The Morgan fingerprint density at radius 1 is 1.37 bits per heavy atom. The van der Waals surface area contributed by atoms with Crippen molar-refractivity contribution in [2.45, 2.75) is 34.2 Å². The van der Waals surface area contributed by atoms with Crippen LogP contribution in [0.2, 0.25) is 0 Å². The van der Waals surface area contributed by atoms with Gasteiger partial charge in [-0.3, -0.25) is 4.79 Å². The molecule has 0 aliphatic heterocycles. The molecule has 1 rings (SSSR count). The summed E-state index contributed by atoms with van der Waals surface area (Å²) in [5.41, 5.74) is 8.31. The SMILES string of the molecule is COc1cc(C)cc(C)c1CNC(=O)C(C)(C)CN. The molecule has 19 heavy (non-hydrogen) atoms. The highest BCUT2D eigenvalue weighted by atomic mass is 16.5.